The van der Waals surface area contributed by atoms with E-state index in [0.29, 0.717) is 31.7 Å². The number of sulfonamides is 1. The Kier molecular flexibility index (Phi) is 5.41. The summed E-state index contributed by atoms with van der Waals surface area (Å²) in [7, 11) is -3.72. The first kappa shape index (κ1) is 19.3. The van der Waals surface area contributed by atoms with Crippen LogP contribution in [0.3, 0.4) is 0 Å². The van der Waals surface area contributed by atoms with Crippen LogP contribution in [0.2, 0.25) is 0 Å². The summed E-state index contributed by atoms with van der Waals surface area (Å²) in [6, 6.07) is 12.9. The molecule has 1 unspecified atom stereocenters. The molecule has 1 aliphatic rings. The van der Waals surface area contributed by atoms with E-state index in [2.05, 4.69) is 15.4 Å². The van der Waals surface area contributed by atoms with Crippen molar-refractivity contribution in [3.8, 4) is 0 Å². The van der Waals surface area contributed by atoms with Gasteiger partial charge in [-0.25, -0.2) is 8.42 Å². The van der Waals surface area contributed by atoms with Gasteiger partial charge < -0.3 is 5.32 Å². The summed E-state index contributed by atoms with van der Waals surface area (Å²) in [5.74, 6) is 0.0317. The van der Waals surface area contributed by atoms with Gasteiger partial charge in [0, 0.05) is 31.2 Å². The van der Waals surface area contributed by atoms with Crippen LogP contribution in [0.15, 0.2) is 72.0 Å². The number of benzene rings is 1. The van der Waals surface area contributed by atoms with Crippen LogP contribution in [0.4, 0.5) is 5.82 Å². The second kappa shape index (κ2) is 8.14. The van der Waals surface area contributed by atoms with E-state index in [9.17, 15) is 13.2 Å². The highest BCUT2D eigenvalue weighted by atomic mass is 32.2. The van der Waals surface area contributed by atoms with Crippen LogP contribution in [0.1, 0.15) is 18.4 Å². The number of aromatic nitrogens is 3. The fourth-order valence-electron chi connectivity index (χ4n) is 3.42. The zero-order valence-corrected chi connectivity index (χ0v) is 16.5. The van der Waals surface area contributed by atoms with Crippen molar-refractivity contribution in [2.75, 3.05) is 11.9 Å². The molecule has 0 aliphatic carbocycles. The highest BCUT2D eigenvalue weighted by Gasteiger charge is 2.39. The standard InChI is InChI=1S/C20H21N5O3S/c26-20(22-19-10-14-24(23-19)15-16-8-11-21-12-9-16)18-7-4-13-25(18)29(27,28)17-5-2-1-3-6-17/h1-3,5-6,8-12,14,18H,4,7,13,15H2,(H,22,23,26). The molecule has 1 amide bonds. The first-order valence-electron chi connectivity index (χ1n) is 9.34. The minimum atomic E-state index is -3.72. The molecule has 0 bridgehead atoms. The van der Waals surface area contributed by atoms with E-state index in [4.69, 9.17) is 0 Å². The molecule has 4 rings (SSSR count). The van der Waals surface area contributed by atoms with Gasteiger partial charge in [-0.1, -0.05) is 18.2 Å². The molecule has 9 heteroatoms. The smallest absolute Gasteiger partial charge is 0.244 e. The summed E-state index contributed by atoms with van der Waals surface area (Å²) in [6.07, 6.45) is 6.31. The molecular formula is C20H21N5O3S. The predicted molar refractivity (Wildman–Crippen MR) is 108 cm³/mol. The van der Waals surface area contributed by atoms with E-state index in [0.717, 1.165) is 5.56 Å². The number of anilines is 1. The lowest BCUT2D eigenvalue weighted by Gasteiger charge is -2.23. The quantitative estimate of drug-likeness (QED) is 0.670. The topological polar surface area (TPSA) is 97.2 Å². The highest BCUT2D eigenvalue weighted by Crippen LogP contribution is 2.26. The maximum atomic E-state index is 12.9. The average Bonchev–Trinajstić information content (AvgIpc) is 3.39. The van der Waals surface area contributed by atoms with Gasteiger partial charge in [-0.2, -0.15) is 9.40 Å². The van der Waals surface area contributed by atoms with E-state index in [1.54, 1.807) is 59.7 Å². The highest BCUT2D eigenvalue weighted by molar-refractivity contribution is 7.89. The monoisotopic (exact) mass is 411 g/mol. The first-order valence-corrected chi connectivity index (χ1v) is 10.8. The van der Waals surface area contributed by atoms with Crippen molar-refractivity contribution in [1.29, 1.82) is 0 Å². The summed E-state index contributed by atoms with van der Waals surface area (Å²) < 4.78 is 28.9. The van der Waals surface area contributed by atoms with E-state index >= 15 is 0 Å². The molecule has 8 nitrogen and oxygen atoms in total. The number of amides is 1. The van der Waals surface area contributed by atoms with Crippen molar-refractivity contribution in [2.24, 2.45) is 0 Å². The van der Waals surface area contributed by atoms with Gasteiger partial charge in [0.2, 0.25) is 15.9 Å². The van der Waals surface area contributed by atoms with E-state index < -0.39 is 16.1 Å². The van der Waals surface area contributed by atoms with Crippen molar-refractivity contribution in [2.45, 2.75) is 30.3 Å². The maximum Gasteiger partial charge on any atom is 0.244 e. The third-order valence-corrected chi connectivity index (χ3v) is 6.76. The Labute approximate surface area is 169 Å². The normalized spacial score (nSPS) is 17.3. The maximum absolute atomic E-state index is 12.9. The number of rotatable bonds is 6. The minimum absolute atomic E-state index is 0.196. The van der Waals surface area contributed by atoms with Gasteiger partial charge in [-0.15, -0.1) is 0 Å². The van der Waals surface area contributed by atoms with Crippen LogP contribution in [-0.4, -0.2) is 46.0 Å². The van der Waals surface area contributed by atoms with Crippen molar-refractivity contribution < 1.29 is 13.2 Å². The van der Waals surface area contributed by atoms with Crippen LogP contribution in [-0.2, 0) is 21.4 Å². The van der Waals surface area contributed by atoms with Gasteiger partial charge in [-0.3, -0.25) is 14.5 Å². The Hall–Kier alpha value is -3.04. The molecule has 1 fully saturated rings. The molecule has 3 aromatic rings. The van der Waals surface area contributed by atoms with Crippen molar-refractivity contribution in [1.82, 2.24) is 19.1 Å². The fraction of sp³-hybridized carbons (Fsp3) is 0.250. The molecule has 1 N–H and O–H groups in total. The predicted octanol–water partition coefficient (Wildman–Crippen LogP) is 2.12. The van der Waals surface area contributed by atoms with E-state index in [1.165, 1.54) is 4.31 Å². The summed E-state index contributed by atoms with van der Waals surface area (Å²) >= 11 is 0. The second-order valence-corrected chi connectivity index (χ2v) is 8.72. The van der Waals surface area contributed by atoms with E-state index in [1.807, 2.05) is 12.1 Å². The zero-order valence-electron chi connectivity index (χ0n) is 15.7. The van der Waals surface area contributed by atoms with Crippen LogP contribution >= 0.6 is 0 Å². The summed E-state index contributed by atoms with van der Waals surface area (Å²) in [6.45, 7) is 0.877. The minimum Gasteiger partial charge on any atom is -0.308 e. The third-order valence-electron chi connectivity index (χ3n) is 4.84. The Bertz CT molecular complexity index is 1080. The van der Waals surface area contributed by atoms with Crippen LogP contribution in [0.25, 0.3) is 0 Å². The number of hydrogen-bond acceptors (Lipinski definition) is 5. The number of nitrogens with one attached hydrogen (secondary N) is 1. The average molecular weight is 411 g/mol. The van der Waals surface area contributed by atoms with Gasteiger partial charge in [0.25, 0.3) is 0 Å². The lowest BCUT2D eigenvalue weighted by atomic mass is 10.2. The zero-order chi connectivity index (χ0) is 20.3. The molecule has 29 heavy (non-hydrogen) atoms. The largest absolute Gasteiger partial charge is 0.308 e. The summed E-state index contributed by atoms with van der Waals surface area (Å²) in [5.41, 5.74) is 1.04. The van der Waals surface area contributed by atoms with Crippen molar-refractivity contribution >= 4 is 21.7 Å². The Morgan fingerprint density at radius 3 is 2.62 bits per heavy atom. The van der Waals surface area contributed by atoms with Crippen LogP contribution < -0.4 is 5.32 Å². The fourth-order valence-corrected chi connectivity index (χ4v) is 5.10. The third kappa shape index (κ3) is 4.20. The molecule has 1 atom stereocenters. The molecule has 1 saturated heterocycles. The molecule has 0 spiro atoms. The summed E-state index contributed by atoms with van der Waals surface area (Å²) in [5, 5.41) is 7.11. The molecule has 1 aromatic carbocycles. The van der Waals surface area contributed by atoms with E-state index in [-0.39, 0.29) is 10.8 Å². The Balaban J connectivity index is 1.46. The number of carbonyl (C=O) groups is 1. The number of pyridine rings is 1. The van der Waals surface area contributed by atoms with Gasteiger partial charge >= 0.3 is 0 Å². The number of hydrogen-bond donors (Lipinski definition) is 1. The molecular weight excluding hydrogens is 390 g/mol. The van der Waals surface area contributed by atoms with Crippen molar-refractivity contribution in [3.05, 3.63) is 72.7 Å². The Morgan fingerprint density at radius 1 is 1.10 bits per heavy atom. The van der Waals surface area contributed by atoms with Crippen molar-refractivity contribution in [3.63, 3.8) is 0 Å². The molecule has 0 radical (unpaired) electrons. The lowest BCUT2D eigenvalue weighted by Crippen LogP contribution is -2.43. The van der Waals surface area contributed by atoms with Crippen LogP contribution in [0, 0.1) is 0 Å². The SMILES string of the molecule is O=C(Nc1ccn(Cc2ccncc2)n1)C1CCCN1S(=O)(=O)c1ccccc1. The molecule has 150 valence electrons. The van der Waals surface area contributed by atoms with Crippen LogP contribution in [0.5, 0.6) is 0 Å². The Morgan fingerprint density at radius 2 is 1.86 bits per heavy atom. The number of carbonyl (C=O) groups excluding carboxylic acids is 1. The van der Waals surface area contributed by atoms with Gasteiger partial charge in [0.1, 0.15) is 6.04 Å². The second-order valence-electron chi connectivity index (χ2n) is 6.83. The van der Waals surface area contributed by atoms with Gasteiger partial charge in [-0.05, 0) is 42.7 Å². The number of nitrogens with zero attached hydrogens (tertiary/aromatic N) is 4. The summed E-state index contributed by atoms with van der Waals surface area (Å²) in [4.78, 5) is 17.0. The van der Waals surface area contributed by atoms with Gasteiger partial charge in [0.15, 0.2) is 5.82 Å². The molecule has 0 saturated carbocycles. The van der Waals surface area contributed by atoms with Gasteiger partial charge in [0.05, 0.1) is 11.4 Å². The molecule has 3 heterocycles. The molecule has 2 aromatic heterocycles. The first-order chi connectivity index (χ1) is 14.0. The molecule has 1 aliphatic heterocycles. The lowest BCUT2D eigenvalue weighted by molar-refractivity contribution is -0.119.